The van der Waals surface area contributed by atoms with E-state index in [0.717, 1.165) is 21.2 Å². The van der Waals surface area contributed by atoms with E-state index >= 15 is 0 Å². The number of nitrogens with one attached hydrogen (secondary N) is 2. The van der Waals surface area contributed by atoms with E-state index in [1.165, 1.54) is 16.4 Å². The molecule has 0 fully saturated rings. The first-order valence-corrected chi connectivity index (χ1v) is 15.3. The minimum atomic E-state index is -0.286. The zero-order valence-corrected chi connectivity index (χ0v) is 24.7. The molecule has 8 nitrogen and oxygen atoms in total. The highest BCUT2D eigenvalue weighted by Gasteiger charge is 2.36. The molecule has 1 aliphatic carbocycles. The summed E-state index contributed by atoms with van der Waals surface area (Å²) in [7, 11) is 1.79. The van der Waals surface area contributed by atoms with Crippen molar-refractivity contribution in [3.63, 3.8) is 0 Å². The van der Waals surface area contributed by atoms with Gasteiger partial charge in [0.2, 0.25) is 5.91 Å². The second-order valence-corrected chi connectivity index (χ2v) is 12.2. The van der Waals surface area contributed by atoms with Crippen molar-refractivity contribution in [3.05, 3.63) is 119 Å². The van der Waals surface area contributed by atoms with Gasteiger partial charge in [-0.05, 0) is 49.4 Å². The van der Waals surface area contributed by atoms with Crippen LogP contribution in [0.1, 0.15) is 5.69 Å². The van der Waals surface area contributed by atoms with Crippen LogP contribution >= 0.6 is 23.5 Å². The fraction of sp³-hybridized carbons (Fsp3) is 0.156. The largest absolute Gasteiger partial charge is 0.326 e. The Labute approximate surface area is 252 Å². The molecule has 42 heavy (non-hydrogen) atoms. The summed E-state index contributed by atoms with van der Waals surface area (Å²) in [6, 6.07) is 24.4. The number of anilines is 3. The third kappa shape index (κ3) is 5.43. The highest BCUT2D eigenvalue weighted by atomic mass is 32.2. The molecule has 0 spiro atoms. The summed E-state index contributed by atoms with van der Waals surface area (Å²) in [6.45, 7) is 1.80. The van der Waals surface area contributed by atoms with E-state index in [1.807, 2.05) is 95.9 Å². The molecule has 3 aromatic carbocycles. The van der Waals surface area contributed by atoms with Gasteiger partial charge in [-0.2, -0.15) is 0 Å². The Balaban J connectivity index is 1.13. The van der Waals surface area contributed by atoms with Gasteiger partial charge in [0, 0.05) is 22.5 Å². The number of para-hydroxylation sites is 2. The van der Waals surface area contributed by atoms with Crippen LogP contribution in [-0.4, -0.2) is 38.3 Å². The lowest BCUT2D eigenvalue weighted by Gasteiger charge is -2.40. The number of nitrogens with zero attached hydrogens (tertiary/aromatic N) is 3. The van der Waals surface area contributed by atoms with Gasteiger partial charge in [-0.25, -0.2) is 9.48 Å². The van der Waals surface area contributed by atoms with E-state index < -0.39 is 0 Å². The summed E-state index contributed by atoms with van der Waals surface area (Å²) in [4.78, 5) is 43.3. The van der Waals surface area contributed by atoms with Crippen LogP contribution in [-0.2, 0) is 11.8 Å². The van der Waals surface area contributed by atoms with Crippen molar-refractivity contribution >= 4 is 52.5 Å². The number of allylic oxidation sites excluding steroid dienone is 2. The van der Waals surface area contributed by atoms with E-state index in [4.69, 9.17) is 0 Å². The van der Waals surface area contributed by atoms with Crippen LogP contribution in [0.4, 0.5) is 21.9 Å². The maximum absolute atomic E-state index is 13.6. The molecule has 10 heteroatoms. The number of urea groups is 1. The Morgan fingerprint density at radius 3 is 2.52 bits per heavy atom. The van der Waals surface area contributed by atoms with E-state index in [2.05, 4.69) is 22.8 Å². The highest BCUT2D eigenvalue weighted by Crippen LogP contribution is 2.43. The van der Waals surface area contributed by atoms with Gasteiger partial charge in [-0.3, -0.25) is 19.2 Å². The normalized spacial score (nSPS) is 17.0. The Morgan fingerprint density at radius 1 is 0.929 bits per heavy atom. The summed E-state index contributed by atoms with van der Waals surface area (Å²) < 4.78 is 3.26. The Kier molecular flexibility index (Phi) is 7.82. The van der Waals surface area contributed by atoms with Crippen LogP contribution in [0.2, 0.25) is 0 Å². The van der Waals surface area contributed by atoms with Gasteiger partial charge in [-0.1, -0.05) is 60.7 Å². The predicted octanol–water partition coefficient (Wildman–Crippen LogP) is 6.22. The standard InChI is InChI=1S/C32H29N5O3S2/c1-21-30(31(39)37(35(21)2)23-12-4-3-5-13-23)34-29(38)20-41-24-14-10-11-22(19-24)33-32(40)36-25-15-6-8-17-27(25)42-28-18-9-7-16-26(28)36/h3-19,25,27H,20H2,1-2H3,(H,33,40)(H,34,38). The fourth-order valence-electron chi connectivity index (χ4n) is 5.11. The SMILES string of the molecule is Cc1c(NC(=O)CSc2cccc(NC(=O)N3c4ccccc4SC4C=CC=CC43)c2)c(=O)n(-c2ccccc2)n1C. The van der Waals surface area contributed by atoms with Crippen LogP contribution < -0.4 is 21.1 Å². The number of fused-ring (bicyclic) bond motifs is 2. The molecule has 1 aliphatic heterocycles. The number of aromatic nitrogens is 2. The number of thioether (sulfide) groups is 2. The summed E-state index contributed by atoms with van der Waals surface area (Å²) in [5, 5.41) is 5.99. The van der Waals surface area contributed by atoms with Crippen molar-refractivity contribution in [2.75, 3.05) is 21.3 Å². The van der Waals surface area contributed by atoms with E-state index in [-0.39, 0.29) is 40.2 Å². The van der Waals surface area contributed by atoms with Gasteiger partial charge in [0.15, 0.2) is 0 Å². The van der Waals surface area contributed by atoms with Crippen molar-refractivity contribution in [1.82, 2.24) is 9.36 Å². The smallest absolute Gasteiger partial charge is 0.319 e. The predicted molar refractivity (Wildman–Crippen MR) is 171 cm³/mol. The molecule has 2 aliphatic rings. The summed E-state index contributed by atoms with van der Waals surface area (Å²) in [6.07, 6.45) is 8.18. The van der Waals surface area contributed by atoms with E-state index in [0.29, 0.717) is 11.4 Å². The van der Waals surface area contributed by atoms with Gasteiger partial charge in [0.1, 0.15) is 5.69 Å². The number of rotatable bonds is 6. The summed E-state index contributed by atoms with van der Waals surface area (Å²) in [5.41, 5.74) is 2.88. The molecular formula is C32H29N5O3S2. The van der Waals surface area contributed by atoms with Crippen molar-refractivity contribution in [1.29, 1.82) is 0 Å². The second kappa shape index (κ2) is 11.8. The number of carbonyl (C=O) groups excluding carboxylic acids is 2. The number of benzene rings is 3. The van der Waals surface area contributed by atoms with Crippen LogP contribution in [0.3, 0.4) is 0 Å². The number of hydrogen-bond donors (Lipinski definition) is 2. The lowest BCUT2D eigenvalue weighted by Crippen LogP contribution is -2.49. The first kappa shape index (κ1) is 27.7. The number of hydrogen-bond acceptors (Lipinski definition) is 5. The number of amides is 3. The lowest BCUT2D eigenvalue weighted by molar-refractivity contribution is -0.113. The summed E-state index contributed by atoms with van der Waals surface area (Å²) in [5.74, 6) is -0.181. The quantitative estimate of drug-likeness (QED) is 0.258. The van der Waals surface area contributed by atoms with Crippen LogP contribution in [0.5, 0.6) is 0 Å². The number of carbonyl (C=O) groups is 2. The minimum Gasteiger partial charge on any atom is -0.319 e. The third-order valence-electron chi connectivity index (χ3n) is 7.24. The third-order valence-corrected chi connectivity index (χ3v) is 9.54. The Hall–Kier alpha value is -4.41. The molecule has 6 rings (SSSR count). The van der Waals surface area contributed by atoms with Crippen molar-refractivity contribution < 1.29 is 9.59 Å². The molecule has 2 atom stereocenters. The molecule has 2 N–H and O–H groups in total. The molecule has 0 saturated carbocycles. The Bertz CT molecular complexity index is 1780. The zero-order chi connectivity index (χ0) is 29.2. The van der Waals surface area contributed by atoms with Gasteiger partial charge in [0.25, 0.3) is 5.56 Å². The molecule has 4 aromatic rings. The average Bonchev–Trinajstić information content (AvgIpc) is 3.22. The van der Waals surface area contributed by atoms with Crippen LogP contribution in [0, 0.1) is 6.92 Å². The van der Waals surface area contributed by atoms with Crippen molar-refractivity contribution in [3.8, 4) is 5.69 Å². The van der Waals surface area contributed by atoms with Gasteiger partial charge in [-0.15, -0.1) is 23.5 Å². The topological polar surface area (TPSA) is 88.4 Å². The molecule has 1 aromatic heterocycles. The van der Waals surface area contributed by atoms with E-state index in [9.17, 15) is 14.4 Å². The lowest BCUT2D eigenvalue weighted by atomic mass is 10.1. The molecule has 3 amide bonds. The fourth-order valence-corrected chi connectivity index (χ4v) is 7.12. The Morgan fingerprint density at radius 2 is 1.69 bits per heavy atom. The first-order valence-electron chi connectivity index (χ1n) is 13.5. The highest BCUT2D eigenvalue weighted by molar-refractivity contribution is 8.00. The van der Waals surface area contributed by atoms with E-state index in [1.54, 1.807) is 30.4 Å². The maximum Gasteiger partial charge on any atom is 0.326 e. The average molecular weight is 596 g/mol. The molecule has 0 saturated heterocycles. The molecule has 0 radical (unpaired) electrons. The summed E-state index contributed by atoms with van der Waals surface area (Å²) >= 11 is 3.09. The van der Waals surface area contributed by atoms with Gasteiger partial charge >= 0.3 is 6.03 Å². The van der Waals surface area contributed by atoms with Crippen molar-refractivity contribution in [2.45, 2.75) is 28.0 Å². The van der Waals surface area contributed by atoms with Gasteiger partial charge < -0.3 is 10.6 Å². The molecule has 0 bridgehead atoms. The zero-order valence-electron chi connectivity index (χ0n) is 23.1. The van der Waals surface area contributed by atoms with Crippen molar-refractivity contribution in [2.24, 2.45) is 7.05 Å². The second-order valence-electron chi connectivity index (χ2n) is 9.91. The molecule has 2 heterocycles. The monoisotopic (exact) mass is 595 g/mol. The van der Waals surface area contributed by atoms with Crippen LogP contribution in [0.15, 0.2) is 118 Å². The van der Waals surface area contributed by atoms with Gasteiger partial charge in [0.05, 0.1) is 34.1 Å². The maximum atomic E-state index is 13.6. The minimum absolute atomic E-state index is 0.0935. The molecular weight excluding hydrogens is 567 g/mol. The molecule has 2 unspecified atom stereocenters. The van der Waals surface area contributed by atoms with Crippen LogP contribution in [0.25, 0.3) is 5.69 Å². The molecule has 212 valence electrons. The first-order chi connectivity index (χ1) is 20.4.